The molecule has 2 aromatic carbocycles. The van der Waals surface area contributed by atoms with Gasteiger partial charge >= 0.3 is 0 Å². The number of methoxy groups -OCH3 is 1. The number of aromatic nitrogens is 1. The van der Waals surface area contributed by atoms with Crippen molar-refractivity contribution in [3.05, 3.63) is 76.4 Å². The molecule has 0 aliphatic carbocycles. The fraction of sp³-hybridized carbons (Fsp3) is 0.292. The third-order valence-corrected chi connectivity index (χ3v) is 5.21. The highest BCUT2D eigenvalue weighted by atomic mass is 16.5. The Morgan fingerprint density at radius 1 is 1.09 bits per heavy atom. The van der Waals surface area contributed by atoms with Crippen molar-refractivity contribution in [2.75, 3.05) is 19.5 Å². The Morgan fingerprint density at radius 3 is 2.24 bits per heavy atom. The number of carbonyl (C=O) groups excluding carboxylic acids is 2. The van der Waals surface area contributed by atoms with Crippen molar-refractivity contribution in [3.8, 4) is 5.75 Å². The minimum atomic E-state index is -0.997. The van der Waals surface area contributed by atoms with Gasteiger partial charge in [0.25, 0.3) is 11.8 Å². The van der Waals surface area contributed by atoms with Gasteiger partial charge in [-0.25, -0.2) is 0 Å². The van der Waals surface area contributed by atoms with Gasteiger partial charge in [0, 0.05) is 18.8 Å². The minimum Gasteiger partial charge on any atom is -0.497 e. The molecule has 2 amide bonds. The number of likely N-dealkylation sites (N-methyl/N-ethyl adjacent to an activating group) is 1. The maximum absolute atomic E-state index is 13.3. The van der Waals surface area contributed by atoms with Gasteiger partial charge in [-0.3, -0.25) is 9.59 Å². The molecule has 0 saturated heterocycles. The van der Waals surface area contributed by atoms with Crippen molar-refractivity contribution >= 4 is 23.3 Å². The summed E-state index contributed by atoms with van der Waals surface area (Å²) in [5, 5.41) is 8.94. The van der Waals surface area contributed by atoms with Crippen LogP contribution in [0.15, 0.2) is 64.3 Å². The van der Waals surface area contributed by atoms with Gasteiger partial charge in [-0.2, -0.15) is 0 Å². The predicted molar refractivity (Wildman–Crippen MR) is 124 cm³/mol. The lowest BCUT2D eigenvalue weighted by Crippen LogP contribution is -2.38. The second kappa shape index (κ2) is 9.64. The first-order chi connectivity index (χ1) is 15.6. The Labute approximate surface area is 191 Å². The highest BCUT2D eigenvalue weighted by molar-refractivity contribution is 6.00. The lowest BCUT2D eigenvalue weighted by molar-refractivity contribution is -0.120. The molecule has 9 nitrogen and oxygen atoms in total. The van der Waals surface area contributed by atoms with Crippen LogP contribution in [0.3, 0.4) is 0 Å². The summed E-state index contributed by atoms with van der Waals surface area (Å²) in [5.74, 6) is -0.894. The van der Waals surface area contributed by atoms with Crippen molar-refractivity contribution in [3.63, 3.8) is 0 Å². The van der Waals surface area contributed by atoms with Crippen LogP contribution in [0.4, 0.5) is 11.5 Å². The fourth-order valence-corrected chi connectivity index (χ4v) is 3.30. The lowest BCUT2D eigenvalue weighted by Gasteiger charge is -2.27. The molecule has 1 atom stereocenters. The third-order valence-electron chi connectivity index (χ3n) is 5.21. The van der Waals surface area contributed by atoms with Crippen LogP contribution in [0, 0.1) is 4.91 Å². The molecule has 172 valence electrons. The minimum absolute atomic E-state index is 0.0207. The normalized spacial score (nSPS) is 12.0. The standard InChI is InChI=1S/C24H26N4O5/c1-24(2,3)16-8-10-17(11-9-16)25-22(29)21(15-6-12-18(32-5)13-7-15)28(4)23(30)19-14-20(26-31)27-33-19/h6-14,21H,1-5H3,(H,25,29). The van der Waals surface area contributed by atoms with E-state index in [0.717, 1.165) is 11.6 Å². The summed E-state index contributed by atoms with van der Waals surface area (Å²) in [6.45, 7) is 6.32. The molecule has 33 heavy (non-hydrogen) atoms. The zero-order chi connectivity index (χ0) is 24.2. The fourth-order valence-electron chi connectivity index (χ4n) is 3.30. The van der Waals surface area contributed by atoms with Crippen molar-refractivity contribution in [1.29, 1.82) is 0 Å². The Balaban J connectivity index is 1.90. The Hall–Kier alpha value is -4.01. The number of nitrogens with one attached hydrogen (secondary N) is 1. The number of nitroso groups, excluding NO2 is 1. The summed E-state index contributed by atoms with van der Waals surface area (Å²) >= 11 is 0. The monoisotopic (exact) mass is 450 g/mol. The van der Waals surface area contributed by atoms with Crippen LogP contribution in [0.5, 0.6) is 5.75 Å². The van der Waals surface area contributed by atoms with Gasteiger partial charge in [0.15, 0.2) is 0 Å². The molecule has 0 radical (unpaired) electrons. The van der Waals surface area contributed by atoms with E-state index in [1.54, 1.807) is 31.4 Å². The molecule has 0 aliphatic rings. The van der Waals surface area contributed by atoms with Crippen molar-refractivity contribution in [2.24, 2.45) is 5.18 Å². The Morgan fingerprint density at radius 2 is 1.73 bits per heavy atom. The number of nitrogens with zero attached hydrogens (tertiary/aromatic N) is 3. The maximum Gasteiger partial charge on any atom is 0.293 e. The molecular weight excluding hydrogens is 424 g/mol. The summed E-state index contributed by atoms with van der Waals surface area (Å²) < 4.78 is 10.1. The lowest BCUT2D eigenvalue weighted by atomic mass is 9.87. The van der Waals surface area contributed by atoms with Crippen LogP contribution in [0.1, 0.15) is 48.5 Å². The van der Waals surface area contributed by atoms with E-state index in [1.807, 2.05) is 24.3 Å². The van der Waals surface area contributed by atoms with Crippen LogP contribution < -0.4 is 10.1 Å². The third kappa shape index (κ3) is 5.43. The summed E-state index contributed by atoms with van der Waals surface area (Å²) in [4.78, 5) is 38.2. The summed E-state index contributed by atoms with van der Waals surface area (Å²) in [7, 11) is 3.01. The van der Waals surface area contributed by atoms with Gasteiger partial charge in [-0.05, 0) is 46.0 Å². The van der Waals surface area contributed by atoms with Gasteiger partial charge < -0.3 is 19.5 Å². The maximum atomic E-state index is 13.3. The second-order valence-electron chi connectivity index (χ2n) is 8.55. The van der Waals surface area contributed by atoms with Crippen LogP contribution >= 0.6 is 0 Å². The van der Waals surface area contributed by atoms with E-state index in [2.05, 4.69) is 36.4 Å². The summed E-state index contributed by atoms with van der Waals surface area (Å²) in [6, 6.07) is 14.5. The molecule has 0 aliphatic heterocycles. The number of hydrogen-bond donors (Lipinski definition) is 1. The summed E-state index contributed by atoms with van der Waals surface area (Å²) in [6.07, 6.45) is 0. The van der Waals surface area contributed by atoms with Crippen molar-refractivity contribution in [1.82, 2.24) is 10.1 Å². The van der Waals surface area contributed by atoms with Gasteiger partial charge in [0.1, 0.15) is 11.8 Å². The number of benzene rings is 2. The second-order valence-corrected chi connectivity index (χ2v) is 8.55. The molecule has 3 rings (SSSR count). The molecule has 3 aromatic rings. The van der Waals surface area contributed by atoms with Gasteiger partial charge in [-0.15, -0.1) is 4.91 Å². The zero-order valence-electron chi connectivity index (χ0n) is 19.2. The molecule has 0 saturated carbocycles. The number of carbonyl (C=O) groups is 2. The molecule has 0 fully saturated rings. The van der Waals surface area contributed by atoms with Gasteiger partial charge in [-0.1, -0.05) is 50.2 Å². The first-order valence-corrected chi connectivity index (χ1v) is 10.3. The van der Waals surface area contributed by atoms with Gasteiger partial charge in [0.05, 0.1) is 7.11 Å². The van der Waals surface area contributed by atoms with E-state index in [9.17, 15) is 14.5 Å². The number of anilines is 1. The molecule has 0 spiro atoms. The van der Waals surface area contributed by atoms with Crippen LogP contribution in [0.2, 0.25) is 0 Å². The number of ether oxygens (including phenoxy) is 1. The largest absolute Gasteiger partial charge is 0.497 e. The quantitative estimate of drug-likeness (QED) is 0.516. The number of rotatable bonds is 7. The highest BCUT2D eigenvalue weighted by Crippen LogP contribution is 2.28. The van der Waals surface area contributed by atoms with Crippen LogP contribution in [0.25, 0.3) is 0 Å². The molecule has 0 bridgehead atoms. The summed E-state index contributed by atoms with van der Waals surface area (Å²) in [5.41, 5.74) is 2.26. The zero-order valence-corrected chi connectivity index (χ0v) is 19.2. The molecule has 1 unspecified atom stereocenters. The Kier molecular flexibility index (Phi) is 6.91. The van der Waals surface area contributed by atoms with E-state index >= 15 is 0 Å². The average Bonchev–Trinajstić information content (AvgIpc) is 3.28. The number of hydrogen-bond acceptors (Lipinski definition) is 7. The SMILES string of the molecule is COc1ccc(C(C(=O)Nc2ccc(C(C)(C)C)cc2)N(C)C(=O)c2cc(N=O)no2)cc1. The Bertz CT molecular complexity index is 1130. The van der Waals surface area contributed by atoms with Crippen molar-refractivity contribution in [2.45, 2.75) is 32.2 Å². The first-order valence-electron chi connectivity index (χ1n) is 10.3. The predicted octanol–water partition coefficient (Wildman–Crippen LogP) is 4.83. The molecule has 9 heteroatoms. The van der Waals surface area contributed by atoms with Crippen LogP contribution in [-0.4, -0.2) is 36.0 Å². The van der Waals surface area contributed by atoms with E-state index < -0.39 is 17.9 Å². The van der Waals surface area contributed by atoms with E-state index in [4.69, 9.17) is 9.26 Å². The van der Waals surface area contributed by atoms with Crippen LogP contribution in [-0.2, 0) is 10.2 Å². The average molecular weight is 450 g/mol. The molecule has 1 heterocycles. The van der Waals surface area contributed by atoms with E-state index in [0.29, 0.717) is 17.0 Å². The molecule has 1 aromatic heterocycles. The van der Waals surface area contributed by atoms with E-state index in [-0.39, 0.29) is 17.0 Å². The topological polar surface area (TPSA) is 114 Å². The smallest absolute Gasteiger partial charge is 0.293 e. The molecule has 1 N–H and O–H groups in total. The van der Waals surface area contributed by atoms with E-state index in [1.165, 1.54) is 11.9 Å². The molecular formula is C24H26N4O5. The van der Waals surface area contributed by atoms with Crippen molar-refractivity contribution < 1.29 is 18.8 Å². The van der Waals surface area contributed by atoms with Gasteiger partial charge in [0.2, 0.25) is 11.6 Å². The first kappa shape index (κ1) is 23.6. The highest BCUT2D eigenvalue weighted by Gasteiger charge is 2.31. The number of amides is 2.